The fraction of sp³-hybridized carbons (Fsp3) is 0.864. The molecule has 1 heterocycles. The maximum Gasteiger partial charge on any atom is 0.164 e. The molecule has 0 radical (unpaired) electrons. The predicted octanol–water partition coefficient (Wildman–Crippen LogP) is 4.04. The highest BCUT2D eigenvalue weighted by Gasteiger charge is 2.80. The third kappa shape index (κ3) is 1.69. The quantitative estimate of drug-likeness (QED) is 0.577. The molecule has 2 unspecified atom stereocenters. The van der Waals surface area contributed by atoms with E-state index >= 15 is 0 Å². The van der Waals surface area contributed by atoms with Crippen molar-refractivity contribution in [3.63, 3.8) is 0 Å². The number of ketones is 1. The minimum absolute atomic E-state index is 0.0425. The lowest BCUT2D eigenvalue weighted by atomic mass is 9.43. The molecule has 0 aromatic heterocycles. The average Bonchev–Trinajstić information content (AvgIpc) is 3.22. The van der Waals surface area contributed by atoms with Gasteiger partial charge in [-0.05, 0) is 74.5 Å². The summed E-state index contributed by atoms with van der Waals surface area (Å²) in [6.07, 6.45) is 10.0. The molecule has 1 saturated heterocycles. The van der Waals surface area contributed by atoms with Gasteiger partial charge < -0.3 is 9.84 Å². The second kappa shape index (κ2) is 4.59. The van der Waals surface area contributed by atoms with Gasteiger partial charge in [-0.25, -0.2) is 0 Å². The second-order valence-electron chi connectivity index (χ2n) is 10.4. The minimum Gasteiger partial charge on any atom is -0.393 e. The molecule has 25 heavy (non-hydrogen) atoms. The van der Waals surface area contributed by atoms with Crippen molar-refractivity contribution in [3.05, 3.63) is 11.6 Å². The van der Waals surface area contributed by atoms with Gasteiger partial charge in [0.1, 0.15) is 0 Å². The van der Waals surface area contributed by atoms with E-state index in [1.165, 1.54) is 12.8 Å². The van der Waals surface area contributed by atoms with E-state index in [0.717, 1.165) is 32.1 Å². The Bertz CT molecular complexity index is 683. The molecule has 0 aromatic rings. The zero-order valence-corrected chi connectivity index (χ0v) is 16.1. The van der Waals surface area contributed by atoms with Crippen molar-refractivity contribution in [3.8, 4) is 0 Å². The van der Waals surface area contributed by atoms with Gasteiger partial charge >= 0.3 is 0 Å². The van der Waals surface area contributed by atoms with E-state index in [4.69, 9.17) is 4.74 Å². The molecular weight excluding hydrogens is 312 g/mol. The first-order chi connectivity index (χ1) is 11.7. The van der Waals surface area contributed by atoms with Crippen molar-refractivity contribution >= 4 is 5.78 Å². The first-order valence-corrected chi connectivity index (χ1v) is 10.3. The summed E-state index contributed by atoms with van der Waals surface area (Å²) in [5.41, 5.74) is 1.55. The smallest absolute Gasteiger partial charge is 0.164 e. The zero-order chi connectivity index (χ0) is 17.8. The number of fused-ring (bicyclic) bond motifs is 7. The molecule has 3 saturated carbocycles. The largest absolute Gasteiger partial charge is 0.393 e. The van der Waals surface area contributed by atoms with Gasteiger partial charge in [0, 0.05) is 5.41 Å². The van der Waals surface area contributed by atoms with Crippen LogP contribution in [0.2, 0.25) is 0 Å². The van der Waals surface area contributed by atoms with Crippen molar-refractivity contribution in [2.75, 3.05) is 0 Å². The van der Waals surface area contributed by atoms with Crippen LogP contribution in [0.15, 0.2) is 11.6 Å². The molecule has 8 atom stereocenters. The van der Waals surface area contributed by atoms with Crippen LogP contribution in [0.25, 0.3) is 0 Å². The van der Waals surface area contributed by atoms with E-state index in [1.807, 2.05) is 0 Å². The van der Waals surface area contributed by atoms with Crippen LogP contribution in [0.5, 0.6) is 0 Å². The van der Waals surface area contributed by atoms with Crippen LogP contribution < -0.4 is 0 Å². The number of rotatable bonds is 1. The molecule has 5 aliphatic rings. The predicted molar refractivity (Wildman–Crippen MR) is 96.0 cm³/mol. The summed E-state index contributed by atoms with van der Waals surface area (Å²) >= 11 is 0. The highest BCUT2D eigenvalue weighted by atomic mass is 16.6. The molecule has 0 bridgehead atoms. The van der Waals surface area contributed by atoms with Crippen LogP contribution in [0.4, 0.5) is 0 Å². The van der Waals surface area contributed by atoms with Gasteiger partial charge in [0.05, 0.1) is 12.2 Å². The summed E-state index contributed by atoms with van der Waals surface area (Å²) < 4.78 is 6.03. The summed E-state index contributed by atoms with van der Waals surface area (Å²) in [4.78, 5) is 12.5. The zero-order valence-electron chi connectivity index (χ0n) is 16.1. The van der Waals surface area contributed by atoms with Crippen molar-refractivity contribution in [1.29, 1.82) is 0 Å². The summed E-state index contributed by atoms with van der Waals surface area (Å²) in [7, 11) is 0. The van der Waals surface area contributed by atoms with Crippen molar-refractivity contribution < 1.29 is 14.6 Å². The lowest BCUT2D eigenvalue weighted by molar-refractivity contribution is -0.132. The molecule has 138 valence electrons. The fourth-order valence-corrected chi connectivity index (χ4v) is 8.18. The Kier molecular flexibility index (Phi) is 3.03. The number of hydrogen-bond donors (Lipinski definition) is 1. The third-order valence-corrected chi connectivity index (χ3v) is 9.51. The van der Waals surface area contributed by atoms with Crippen molar-refractivity contribution in [1.82, 2.24) is 0 Å². The maximum absolute atomic E-state index is 12.5. The minimum atomic E-state index is -0.497. The van der Waals surface area contributed by atoms with Gasteiger partial charge in [-0.15, -0.1) is 0 Å². The summed E-state index contributed by atoms with van der Waals surface area (Å²) in [6, 6.07) is 0. The Hall–Kier alpha value is -0.670. The molecular formula is C22H32O3. The Morgan fingerprint density at radius 1 is 1.16 bits per heavy atom. The Labute approximate surface area is 151 Å². The highest BCUT2D eigenvalue weighted by molar-refractivity contribution is 5.90. The van der Waals surface area contributed by atoms with Crippen LogP contribution in [0.3, 0.4) is 0 Å². The topological polar surface area (TPSA) is 49.8 Å². The van der Waals surface area contributed by atoms with Crippen LogP contribution >= 0.6 is 0 Å². The first kappa shape index (κ1) is 16.5. The van der Waals surface area contributed by atoms with E-state index in [9.17, 15) is 9.90 Å². The van der Waals surface area contributed by atoms with Gasteiger partial charge in [0.25, 0.3) is 0 Å². The molecule has 3 nitrogen and oxygen atoms in total. The number of carbonyl (C=O) groups excluding carboxylic acids is 1. The first-order valence-electron chi connectivity index (χ1n) is 10.3. The normalized spacial score (nSPS) is 59.2. The molecule has 4 fully saturated rings. The van der Waals surface area contributed by atoms with Crippen LogP contribution in [0, 0.1) is 28.1 Å². The fourth-order valence-electron chi connectivity index (χ4n) is 8.18. The molecule has 1 N–H and O–H groups in total. The number of aliphatic hydroxyl groups excluding tert-OH is 1. The van der Waals surface area contributed by atoms with Crippen molar-refractivity contribution in [2.45, 2.75) is 90.4 Å². The molecule has 3 heteroatoms. The lowest BCUT2D eigenvalue weighted by Crippen LogP contribution is -2.56. The standard InChI is InChI=1S/C22H32O3/c1-13(23)22-18(25-22)12-17-20(3)8-5-14-11-15(24)6-9-19(14,2)16(20)7-10-21(17,22)4/h7,14-15,17-18,24H,5-6,8-12H2,1-4H3/t14-,15?,17-,18+,19-,20?,21-,22+/m0/s1. The molecule has 0 spiro atoms. The number of carbonyl (C=O) groups is 1. The average molecular weight is 344 g/mol. The molecule has 4 aliphatic carbocycles. The molecule has 0 amide bonds. The molecule has 0 aromatic carbocycles. The Morgan fingerprint density at radius 3 is 2.60 bits per heavy atom. The SMILES string of the molecule is CC(=O)[C@@]12O[C@@H]1C[C@H]1C3(C)CC[C@H]4CC(O)CC[C@]4(C)C3=CC[C@@]12C. The maximum atomic E-state index is 12.5. The van der Waals surface area contributed by atoms with E-state index in [1.54, 1.807) is 12.5 Å². The van der Waals surface area contributed by atoms with E-state index in [0.29, 0.717) is 11.8 Å². The van der Waals surface area contributed by atoms with Crippen LogP contribution in [-0.2, 0) is 9.53 Å². The van der Waals surface area contributed by atoms with E-state index in [2.05, 4.69) is 26.8 Å². The highest BCUT2D eigenvalue weighted by Crippen LogP contribution is 2.75. The number of hydrogen-bond acceptors (Lipinski definition) is 3. The number of aliphatic hydroxyl groups is 1. The Balaban J connectivity index is 1.59. The van der Waals surface area contributed by atoms with E-state index < -0.39 is 5.60 Å². The summed E-state index contributed by atoms with van der Waals surface area (Å²) in [5.74, 6) is 1.41. The van der Waals surface area contributed by atoms with Gasteiger partial charge in [0.15, 0.2) is 11.4 Å². The summed E-state index contributed by atoms with van der Waals surface area (Å²) in [5, 5.41) is 10.2. The van der Waals surface area contributed by atoms with Gasteiger partial charge in [0.2, 0.25) is 0 Å². The number of ether oxygens (including phenoxy) is 1. The lowest BCUT2D eigenvalue weighted by Gasteiger charge is -2.62. The van der Waals surface area contributed by atoms with Gasteiger partial charge in [-0.2, -0.15) is 0 Å². The van der Waals surface area contributed by atoms with Gasteiger partial charge in [-0.1, -0.05) is 32.4 Å². The van der Waals surface area contributed by atoms with Gasteiger partial charge in [-0.3, -0.25) is 4.79 Å². The number of Topliss-reactive ketones (excluding diaryl/α,β-unsaturated/α-hetero) is 1. The summed E-state index contributed by atoms with van der Waals surface area (Å²) in [6.45, 7) is 8.99. The van der Waals surface area contributed by atoms with Crippen LogP contribution in [-0.4, -0.2) is 28.7 Å². The van der Waals surface area contributed by atoms with E-state index in [-0.39, 0.29) is 34.2 Å². The monoisotopic (exact) mass is 344 g/mol. The molecule has 1 aliphatic heterocycles. The van der Waals surface area contributed by atoms with Crippen molar-refractivity contribution in [2.24, 2.45) is 28.1 Å². The second-order valence-corrected chi connectivity index (χ2v) is 10.4. The Morgan fingerprint density at radius 2 is 1.88 bits per heavy atom. The number of epoxide rings is 1. The third-order valence-electron chi connectivity index (χ3n) is 9.51. The van der Waals surface area contributed by atoms with Crippen LogP contribution in [0.1, 0.15) is 72.6 Å². The molecule has 5 rings (SSSR count). The number of allylic oxidation sites excluding steroid dienone is 2.